The van der Waals surface area contributed by atoms with E-state index in [4.69, 9.17) is 4.74 Å². The van der Waals surface area contributed by atoms with Crippen LogP contribution in [-0.4, -0.2) is 24.1 Å². The molecule has 16 heavy (non-hydrogen) atoms. The fourth-order valence-electron chi connectivity index (χ4n) is 1.16. The topological polar surface area (TPSA) is 51.2 Å². The Hall–Kier alpha value is -1.68. The van der Waals surface area contributed by atoms with Crippen molar-refractivity contribution in [1.29, 1.82) is 0 Å². The zero-order valence-corrected chi connectivity index (χ0v) is 9.40. The van der Waals surface area contributed by atoms with Gasteiger partial charge in [-0.3, -0.25) is 4.98 Å². The second-order valence-corrected chi connectivity index (χ2v) is 3.28. The number of rotatable bonds is 6. The largest absolute Gasteiger partial charge is 0.463 e. The van der Waals surface area contributed by atoms with Gasteiger partial charge in [0.1, 0.15) is 0 Å². The number of carbonyl (C=O) groups is 1. The number of esters is 1. The van der Waals surface area contributed by atoms with Crippen LogP contribution in [0.4, 0.5) is 0 Å². The molecule has 0 saturated carbocycles. The van der Waals surface area contributed by atoms with E-state index in [0.29, 0.717) is 25.3 Å². The lowest BCUT2D eigenvalue weighted by atomic mass is 10.2. The number of nitrogens with zero attached hydrogens (tertiary/aromatic N) is 1. The Balaban J connectivity index is 2.26. The summed E-state index contributed by atoms with van der Waals surface area (Å²) in [7, 11) is 0. The number of pyridine rings is 1. The summed E-state index contributed by atoms with van der Waals surface area (Å²) in [5.41, 5.74) is 1.56. The molecule has 1 N–H and O–H groups in total. The Morgan fingerprint density at radius 1 is 1.50 bits per heavy atom. The summed E-state index contributed by atoms with van der Waals surface area (Å²) in [5, 5.41) is 3.11. The molecule has 0 bridgehead atoms. The van der Waals surface area contributed by atoms with Crippen molar-refractivity contribution in [3.8, 4) is 0 Å². The number of hydrogen-bond acceptors (Lipinski definition) is 4. The Kier molecular flexibility index (Phi) is 5.22. The maximum Gasteiger partial charge on any atom is 0.334 e. The van der Waals surface area contributed by atoms with Crippen LogP contribution in [0, 0.1) is 0 Å². The monoisotopic (exact) mass is 220 g/mol. The van der Waals surface area contributed by atoms with Crippen molar-refractivity contribution < 1.29 is 9.53 Å². The van der Waals surface area contributed by atoms with E-state index in [9.17, 15) is 4.79 Å². The molecule has 0 aromatic carbocycles. The highest BCUT2D eigenvalue weighted by atomic mass is 16.5. The Bertz CT molecular complexity index is 349. The average Bonchev–Trinajstić information content (AvgIpc) is 2.30. The average molecular weight is 220 g/mol. The summed E-state index contributed by atoms with van der Waals surface area (Å²) in [6.07, 6.45) is 3.47. The van der Waals surface area contributed by atoms with Crippen LogP contribution in [0.3, 0.4) is 0 Å². The van der Waals surface area contributed by atoms with E-state index < -0.39 is 0 Å². The third kappa shape index (κ3) is 4.23. The van der Waals surface area contributed by atoms with Gasteiger partial charge in [-0.05, 0) is 24.6 Å². The van der Waals surface area contributed by atoms with Crippen LogP contribution < -0.4 is 5.32 Å². The Labute approximate surface area is 95.3 Å². The minimum absolute atomic E-state index is 0.343. The van der Waals surface area contributed by atoms with Gasteiger partial charge in [-0.2, -0.15) is 0 Å². The van der Waals surface area contributed by atoms with E-state index in [1.807, 2.05) is 12.1 Å². The molecule has 0 aliphatic rings. The quantitative estimate of drug-likeness (QED) is 0.580. The molecule has 0 amide bonds. The third-order valence-corrected chi connectivity index (χ3v) is 1.98. The molecule has 0 unspecified atom stereocenters. The normalized spacial score (nSPS) is 9.81. The SMILES string of the molecule is C=C(CNCc1ccncc1)C(=O)OCC. The van der Waals surface area contributed by atoms with Gasteiger partial charge >= 0.3 is 5.97 Å². The van der Waals surface area contributed by atoms with E-state index in [1.165, 1.54) is 0 Å². The molecule has 0 saturated heterocycles. The summed E-state index contributed by atoms with van der Waals surface area (Å²) < 4.78 is 4.82. The first-order chi connectivity index (χ1) is 7.74. The van der Waals surface area contributed by atoms with E-state index in [1.54, 1.807) is 19.3 Å². The van der Waals surface area contributed by atoms with Crippen LogP contribution in [0.1, 0.15) is 12.5 Å². The summed E-state index contributed by atoms with van der Waals surface area (Å²) in [5.74, 6) is -0.343. The molecule has 4 heteroatoms. The number of carbonyl (C=O) groups excluding carboxylic acids is 1. The van der Waals surface area contributed by atoms with E-state index in [0.717, 1.165) is 5.56 Å². The van der Waals surface area contributed by atoms with Gasteiger partial charge in [0.05, 0.1) is 6.61 Å². The maximum absolute atomic E-state index is 11.2. The van der Waals surface area contributed by atoms with Crippen molar-refractivity contribution in [3.63, 3.8) is 0 Å². The number of hydrogen-bond donors (Lipinski definition) is 1. The van der Waals surface area contributed by atoms with Crippen LogP contribution in [0.15, 0.2) is 36.7 Å². The maximum atomic E-state index is 11.2. The van der Waals surface area contributed by atoms with Gasteiger partial charge in [0, 0.05) is 31.1 Å². The van der Waals surface area contributed by atoms with Crippen molar-refractivity contribution in [1.82, 2.24) is 10.3 Å². The molecule has 0 radical (unpaired) electrons. The smallest absolute Gasteiger partial charge is 0.334 e. The molecule has 1 rings (SSSR count). The number of ether oxygens (including phenoxy) is 1. The van der Waals surface area contributed by atoms with Gasteiger partial charge in [-0.15, -0.1) is 0 Å². The van der Waals surface area contributed by atoms with Crippen molar-refractivity contribution in [3.05, 3.63) is 42.2 Å². The lowest BCUT2D eigenvalue weighted by Crippen LogP contribution is -2.21. The Morgan fingerprint density at radius 3 is 2.81 bits per heavy atom. The molecule has 1 heterocycles. The molecule has 0 spiro atoms. The zero-order chi connectivity index (χ0) is 11.8. The lowest BCUT2D eigenvalue weighted by Gasteiger charge is -2.06. The first kappa shape index (κ1) is 12.4. The number of nitrogens with one attached hydrogen (secondary N) is 1. The third-order valence-electron chi connectivity index (χ3n) is 1.98. The lowest BCUT2D eigenvalue weighted by molar-refractivity contribution is -0.138. The second kappa shape index (κ2) is 6.74. The number of aromatic nitrogens is 1. The van der Waals surface area contributed by atoms with Gasteiger partial charge in [-0.1, -0.05) is 6.58 Å². The van der Waals surface area contributed by atoms with Crippen LogP contribution in [0.25, 0.3) is 0 Å². The van der Waals surface area contributed by atoms with Gasteiger partial charge in [0.25, 0.3) is 0 Å². The van der Waals surface area contributed by atoms with E-state index in [2.05, 4.69) is 16.9 Å². The summed E-state index contributed by atoms with van der Waals surface area (Å²) in [4.78, 5) is 15.1. The molecule has 0 atom stereocenters. The van der Waals surface area contributed by atoms with Gasteiger partial charge in [0.2, 0.25) is 0 Å². The van der Waals surface area contributed by atoms with Crippen molar-refractivity contribution in [2.75, 3.05) is 13.2 Å². The predicted octanol–water partition coefficient (Wildman–Crippen LogP) is 1.29. The summed E-state index contributed by atoms with van der Waals surface area (Å²) in [6, 6.07) is 3.83. The molecule has 1 aromatic heterocycles. The molecule has 0 aliphatic carbocycles. The first-order valence-corrected chi connectivity index (χ1v) is 5.18. The van der Waals surface area contributed by atoms with E-state index in [-0.39, 0.29) is 5.97 Å². The zero-order valence-electron chi connectivity index (χ0n) is 9.40. The highest BCUT2D eigenvalue weighted by Crippen LogP contribution is 1.97. The molecule has 4 nitrogen and oxygen atoms in total. The Morgan fingerprint density at radius 2 is 2.19 bits per heavy atom. The summed E-state index contributed by atoms with van der Waals surface area (Å²) >= 11 is 0. The molecule has 1 aromatic rings. The van der Waals surface area contributed by atoms with Crippen LogP contribution in [0.2, 0.25) is 0 Å². The second-order valence-electron chi connectivity index (χ2n) is 3.28. The minimum Gasteiger partial charge on any atom is -0.463 e. The van der Waals surface area contributed by atoms with Crippen LogP contribution >= 0.6 is 0 Å². The van der Waals surface area contributed by atoms with E-state index >= 15 is 0 Å². The molecule has 86 valence electrons. The van der Waals surface area contributed by atoms with Crippen molar-refractivity contribution in [2.45, 2.75) is 13.5 Å². The summed E-state index contributed by atoms with van der Waals surface area (Å²) in [6.45, 7) is 6.92. The predicted molar refractivity (Wildman–Crippen MR) is 61.7 cm³/mol. The van der Waals surface area contributed by atoms with Crippen molar-refractivity contribution >= 4 is 5.97 Å². The molecular weight excluding hydrogens is 204 g/mol. The minimum atomic E-state index is -0.343. The molecule has 0 fully saturated rings. The fraction of sp³-hybridized carbons (Fsp3) is 0.333. The molecule has 0 aliphatic heterocycles. The van der Waals surface area contributed by atoms with Crippen LogP contribution in [-0.2, 0) is 16.1 Å². The highest BCUT2D eigenvalue weighted by Gasteiger charge is 2.06. The highest BCUT2D eigenvalue weighted by molar-refractivity contribution is 5.88. The van der Waals surface area contributed by atoms with Crippen molar-refractivity contribution in [2.24, 2.45) is 0 Å². The molecular formula is C12H16N2O2. The standard InChI is InChI=1S/C12H16N2O2/c1-3-16-12(15)10(2)8-14-9-11-4-6-13-7-5-11/h4-7,14H,2-3,8-9H2,1H3. The van der Waals surface area contributed by atoms with Gasteiger partial charge in [-0.25, -0.2) is 4.79 Å². The van der Waals surface area contributed by atoms with Gasteiger partial charge in [0.15, 0.2) is 0 Å². The first-order valence-electron chi connectivity index (χ1n) is 5.18. The fourth-order valence-corrected chi connectivity index (χ4v) is 1.16. The van der Waals surface area contributed by atoms with Gasteiger partial charge < -0.3 is 10.1 Å². The van der Waals surface area contributed by atoms with Crippen LogP contribution in [0.5, 0.6) is 0 Å².